The van der Waals surface area contributed by atoms with Gasteiger partial charge in [0.15, 0.2) is 0 Å². The zero-order chi connectivity index (χ0) is 19.5. The monoisotopic (exact) mass is 381 g/mol. The van der Waals surface area contributed by atoms with Crippen molar-refractivity contribution in [3.8, 4) is 6.07 Å². The maximum Gasteiger partial charge on any atom is 0.227 e. The number of nitrogens with zero attached hydrogens (tertiary/aromatic N) is 7. The van der Waals surface area contributed by atoms with Crippen molar-refractivity contribution in [1.29, 1.82) is 5.26 Å². The van der Waals surface area contributed by atoms with Gasteiger partial charge in [0.2, 0.25) is 5.95 Å². The minimum absolute atomic E-state index is 0.377. The van der Waals surface area contributed by atoms with Gasteiger partial charge in [-0.1, -0.05) is 0 Å². The highest BCUT2D eigenvalue weighted by Gasteiger charge is 2.22. The van der Waals surface area contributed by atoms with Crippen LogP contribution in [-0.2, 0) is 0 Å². The maximum absolute atomic E-state index is 13.4. The van der Waals surface area contributed by atoms with E-state index in [1.807, 2.05) is 12.3 Å². The Morgan fingerprint density at radius 2 is 1.61 bits per heavy atom. The highest BCUT2D eigenvalue weighted by molar-refractivity contribution is 5.60. The summed E-state index contributed by atoms with van der Waals surface area (Å²) in [5.74, 6) is 1.34. The summed E-state index contributed by atoms with van der Waals surface area (Å²) in [6, 6.07) is 8.46. The van der Waals surface area contributed by atoms with Crippen molar-refractivity contribution in [3.63, 3.8) is 0 Å². The van der Waals surface area contributed by atoms with Crippen molar-refractivity contribution in [1.82, 2.24) is 14.9 Å². The molecule has 2 fully saturated rings. The van der Waals surface area contributed by atoms with Gasteiger partial charge in [0.1, 0.15) is 17.7 Å². The number of hydrogen-bond acceptors (Lipinski definition) is 7. The van der Waals surface area contributed by atoms with Crippen LogP contribution in [-0.4, -0.2) is 74.3 Å². The second-order valence-corrected chi connectivity index (χ2v) is 7.25. The van der Waals surface area contributed by atoms with E-state index in [9.17, 15) is 9.65 Å². The van der Waals surface area contributed by atoms with Crippen LogP contribution in [0.1, 0.15) is 5.56 Å². The summed E-state index contributed by atoms with van der Waals surface area (Å²) in [4.78, 5) is 18.2. The average molecular weight is 381 g/mol. The Labute approximate surface area is 164 Å². The van der Waals surface area contributed by atoms with Crippen LogP contribution < -0.4 is 14.7 Å². The molecule has 0 radical (unpaired) electrons. The van der Waals surface area contributed by atoms with E-state index in [4.69, 9.17) is 4.98 Å². The molecule has 0 amide bonds. The standard InChI is InChI=1S/C20H24FN7/c1-25-6-8-27(9-7-25)19-4-5-23-20(24-19)28-12-10-26(11-13-28)18-3-2-17(21)14-16(18)15-22/h2-5,14H,6-13H2,1H3. The first-order valence-electron chi connectivity index (χ1n) is 9.60. The minimum atomic E-state index is -0.381. The van der Waals surface area contributed by atoms with Crippen LogP contribution in [0.5, 0.6) is 0 Å². The number of benzene rings is 1. The van der Waals surface area contributed by atoms with E-state index in [-0.39, 0.29) is 5.82 Å². The van der Waals surface area contributed by atoms with E-state index >= 15 is 0 Å². The largest absolute Gasteiger partial charge is 0.367 e. The average Bonchev–Trinajstić information content (AvgIpc) is 2.74. The van der Waals surface area contributed by atoms with Gasteiger partial charge < -0.3 is 19.6 Å². The highest BCUT2D eigenvalue weighted by atomic mass is 19.1. The Balaban J connectivity index is 1.43. The SMILES string of the molecule is CN1CCN(c2ccnc(N3CCN(c4ccc(F)cc4C#N)CC3)n2)CC1. The molecular formula is C20H24FN7. The lowest BCUT2D eigenvalue weighted by molar-refractivity contribution is 0.312. The second-order valence-electron chi connectivity index (χ2n) is 7.25. The molecule has 28 heavy (non-hydrogen) atoms. The van der Waals surface area contributed by atoms with Crippen molar-refractivity contribution < 1.29 is 4.39 Å². The highest BCUT2D eigenvalue weighted by Crippen LogP contribution is 2.24. The molecule has 0 aliphatic carbocycles. The van der Waals surface area contributed by atoms with Gasteiger partial charge >= 0.3 is 0 Å². The number of likely N-dealkylation sites (N-methyl/N-ethyl adjacent to an activating group) is 1. The molecule has 0 unspecified atom stereocenters. The smallest absolute Gasteiger partial charge is 0.227 e. The Hall–Kier alpha value is -2.92. The lowest BCUT2D eigenvalue weighted by Crippen LogP contribution is -2.48. The van der Waals surface area contributed by atoms with Crippen molar-refractivity contribution in [2.45, 2.75) is 0 Å². The maximum atomic E-state index is 13.4. The molecule has 2 aliphatic heterocycles. The van der Waals surface area contributed by atoms with Crippen LogP contribution in [0.25, 0.3) is 0 Å². The third kappa shape index (κ3) is 3.85. The Bertz CT molecular complexity index is 865. The molecule has 2 saturated heterocycles. The molecule has 0 atom stereocenters. The summed E-state index contributed by atoms with van der Waals surface area (Å²) in [6.07, 6.45) is 1.83. The summed E-state index contributed by atoms with van der Waals surface area (Å²) < 4.78 is 13.4. The third-order valence-electron chi connectivity index (χ3n) is 5.44. The molecule has 146 valence electrons. The molecule has 3 heterocycles. The second kappa shape index (κ2) is 7.98. The number of rotatable bonds is 3. The molecule has 1 aromatic heterocycles. The van der Waals surface area contributed by atoms with Gasteiger partial charge in [0.25, 0.3) is 0 Å². The molecule has 0 bridgehead atoms. The van der Waals surface area contributed by atoms with E-state index in [0.717, 1.165) is 69.8 Å². The Morgan fingerprint density at radius 3 is 2.32 bits per heavy atom. The number of anilines is 3. The van der Waals surface area contributed by atoms with Crippen LogP contribution >= 0.6 is 0 Å². The lowest BCUT2D eigenvalue weighted by Gasteiger charge is -2.37. The fourth-order valence-corrected chi connectivity index (χ4v) is 3.72. The summed E-state index contributed by atoms with van der Waals surface area (Å²) in [7, 11) is 2.14. The molecule has 8 heteroatoms. The predicted octanol–water partition coefficient (Wildman–Crippen LogP) is 1.57. The molecule has 7 nitrogen and oxygen atoms in total. The van der Waals surface area contributed by atoms with Gasteiger partial charge in [-0.15, -0.1) is 0 Å². The molecule has 0 saturated carbocycles. The minimum Gasteiger partial charge on any atom is -0.367 e. The molecule has 2 aromatic rings. The van der Waals surface area contributed by atoms with Gasteiger partial charge in [-0.3, -0.25) is 0 Å². The molecule has 1 aromatic carbocycles. The molecule has 0 N–H and O–H groups in total. The molecule has 0 spiro atoms. The van der Waals surface area contributed by atoms with Gasteiger partial charge in [-0.2, -0.15) is 10.2 Å². The van der Waals surface area contributed by atoms with Crippen LogP contribution in [0.2, 0.25) is 0 Å². The number of piperazine rings is 2. The number of aromatic nitrogens is 2. The van der Waals surface area contributed by atoms with Crippen molar-refractivity contribution in [2.75, 3.05) is 74.1 Å². The van der Waals surface area contributed by atoms with E-state index < -0.39 is 0 Å². The van der Waals surface area contributed by atoms with Gasteiger partial charge in [0.05, 0.1) is 11.3 Å². The molecular weight excluding hydrogens is 357 g/mol. The summed E-state index contributed by atoms with van der Waals surface area (Å²) >= 11 is 0. The number of halogens is 1. The quantitative estimate of drug-likeness (QED) is 0.800. The van der Waals surface area contributed by atoms with Crippen LogP contribution in [0, 0.1) is 17.1 Å². The van der Waals surface area contributed by atoms with E-state index in [2.05, 4.69) is 37.7 Å². The number of nitriles is 1. The van der Waals surface area contributed by atoms with Gasteiger partial charge in [-0.25, -0.2) is 9.37 Å². The first-order chi connectivity index (χ1) is 13.6. The Morgan fingerprint density at radius 1 is 0.929 bits per heavy atom. The third-order valence-corrected chi connectivity index (χ3v) is 5.44. The Kier molecular flexibility index (Phi) is 5.26. The number of hydrogen-bond donors (Lipinski definition) is 0. The van der Waals surface area contributed by atoms with Crippen molar-refractivity contribution in [3.05, 3.63) is 41.8 Å². The van der Waals surface area contributed by atoms with Crippen molar-refractivity contribution in [2.24, 2.45) is 0 Å². The van der Waals surface area contributed by atoms with Gasteiger partial charge in [-0.05, 0) is 31.3 Å². The predicted molar refractivity (Wildman–Crippen MR) is 107 cm³/mol. The first-order valence-corrected chi connectivity index (χ1v) is 9.60. The fraction of sp³-hybridized carbons (Fsp3) is 0.450. The van der Waals surface area contributed by atoms with Crippen LogP contribution in [0.15, 0.2) is 30.5 Å². The normalized spacial score (nSPS) is 18.2. The summed E-state index contributed by atoms with van der Waals surface area (Å²) in [6.45, 7) is 7.02. The van der Waals surface area contributed by atoms with Crippen LogP contribution in [0.4, 0.5) is 21.8 Å². The lowest BCUT2D eigenvalue weighted by atomic mass is 10.1. The van der Waals surface area contributed by atoms with E-state index in [1.54, 1.807) is 6.07 Å². The molecule has 4 rings (SSSR count). The van der Waals surface area contributed by atoms with E-state index in [0.29, 0.717) is 5.56 Å². The fourth-order valence-electron chi connectivity index (χ4n) is 3.72. The van der Waals surface area contributed by atoms with E-state index in [1.165, 1.54) is 12.1 Å². The topological polar surface area (TPSA) is 62.5 Å². The van der Waals surface area contributed by atoms with Gasteiger partial charge in [0, 0.05) is 58.6 Å². The zero-order valence-electron chi connectivity index (χ0n) is 16.1. The summed E-state index contributed by atoms with van der Waals surface area (Å²) in [5.41, 5.74) is 1.16. The molecule has 2 aliphatic rings. The van der Waals surface area contributed by atoms with Crippen molar-refractivity contribution >= 4 is 17.5 Å². The zero-order valence-corrected chi connectivity index (χ0v) is 16.1. The van der Waals surface area contributed by atoms with Crippen LogP contribution in [0.3, 0.4) is 0 Å². The summed E-state index contributed by atoms with van der Waals surface area (Å²) in [5, 5.41) is 9.29. The first kappa shape index (κ1) is 18.4.